The van der Waals surface area contributed by atoms with Gasteiger partial charge in [0.1, 0.15) is 6.29 Å². The topological polar surface area (TPSA) is 61.3 Å². The molecule has 3 aromatic rings. The molecule has 0 amide bonds. The van der Waals surface area contributed by atoms with Crippen LogP contribution in [0.5, 0.6) is 11.5 Å². The predicted molar refractivity (Wildman–Crippen MR) is 83.5 cm³/mol. The molecule has 110 valence electrons. The third kappa shape index (κ3) is 2.37. The van der Waals surface area contributed by atoms with Crippen molar-refractivity contribution in [3.63, 3.8) is 0 Å². The van der Waals surface area contributed by atoms with Crippen molar-refractivity contribution in [2.24, 2.45) is 0 Å². The highest BCUT2D eigenvalue weighted by Gasteiger charge is 2.11. The first-order valence-corrected chi connectivity index (χ1v) is 6.70. The highest BCUT2D eigenvalue weighted by atomic mass is 16.5. The molecule has 0 aliphatic heterocycles. The van der Waals surface area contributed by atoms with E-state index >= 15 is 0 Å². The fourth-order valence-electron chi connectivity index (χ4n) is 2.36. The third-order valence-corrected chi connectivity index (χ3v) is 3.50. The number of rotatable bonds is 4. The van der Waals surface area contributed by atoms with Crippen LogP contribution in [0.4, 0.5) is 0 Å². The number of benzene rings is 2. The number of fused-ring (bicyclic) bond motifs is 1. The average Bonchev–Trinajstić information content (AvgIpc) is 2.60. The number of ether oxygens (including phenoxy) is 2. The summed E-state index contributed by atoms with van der Waals surface area (Å²) in [6, 6.07) is 11.0. The molecule has 3 rings (SSSR count). The normalized spacial score (nSPS) is 10.5. The molecule has 22 heavy (non-hydrogen) atoms. The molecule has 0 aliphatic rings. The molecule has 0 saturated carbocycles. The molecular formula is C17H14N2O3. The number of carbonyl (C=O) groups is 1. The van der Waals surface area contributed by atoms with Gasteiger partial charge in [-0.05, 0) is 11.6 Å². The summed E-state index contributed by atoms with van der Waals surface area (Å²) in [5, 5.41) is 9.10. The van der Waals surface area contributed by atoms with Gasteiger partial charge < -0.3 is 9.47 Å². The van der Waals surface area contributed by atoms with Crippen molar-refractivity contribution < 1.29 is 14.3 Å². The Balaban J connectivity index is 2.22. The van der Waals surface area contributed by atoms with E-state index in [1.165, 1.54) is 0 Å². The van der Waals surface area contributed by atoms with Crippen LogP contribution in [-0.4, -0.2) is 30.7 Å². The standard InChI is InChI=1S/C17H14N2O3/c1-21-16-7-13-14(12-5-3-11(10-20)4-6-12)9-18-19-15(13)8-17(16)22-2/h3-10H,1-2H3. The lowest BCUT2D eigenvalue weighted by Crippen LogP contribution is -1.94. The highest BCUT2D eigenvalue weighted by Crippen LogP contribution is 2.35. The molecule has 5 heteroatoms. The Labute approximate surface area is 127 Å². The summed E-state index contributed by atoms with van der Waals surface area (Å²) in [6.45, 7) is 0. The number of methoxy groups -OCH3 is 2. The van der Waals surface area contributed by atoms with Gasteiger partial charge in [0, 0.05) is 22.6 Å². The lowest BCUT2D eigenvalue weighted by molar-refractivity contribution is 0.112. The van der Waals surface area contributed by atoms with Gasteiger partial charge in [0.25, 0.3) is 0 Å². The first-order chi connectivity index (χ1) is 10.8. The van der Waals surface area contributed by atoms with E-state index in [4.69, 9.17) is 9.47 Å². The molecule has 0 N–H and O–H groups in total. The SMILES string of the molecule is COc1cc2nncc(-c3ccc(C=O)cc3)c2cc1OC. The predicted octanol–water partition coefficient (Wildman–Crippen LogP) is 3.13. The molecule has 0 unspecified atom stereocenters. The molecule has 0 spiro atoms. The summed E-state index contributed by atoms with van der Waals surface area (Å²) in [5.41, 5.74) is 3.23. The minimum absolute atomic E-state index is 0.609. The van der Waals surface area contributed by atoms with E-state index in [2.05, 4.69) is 10.2 Å². The van der Waals surface area contributed by atoms with Crippen LogP contribution in [0, 0.1) is 0 Å². The largest absolute Gasteiger partial charge is 0.493 e. The molecule has 1 heterocycles. The first kappa shape index (κ1) is 14.0. The van der Waals surface area contributed by atoms with Crippen LogP contribution in [0.15, 0.2) is 42.6 Å². The molecule has 0 fully saturated rings. The fourth-order valence-corrected chi connectivity index (χ4v) is 2.36. The Bertz CT molecular complexity index is 829. The van der Waals surface area contributed by atoms with Crippen molar-refractivity contribution in [2.75, 3.05) is 14.2 Å². The number of hydrogen-bond acceptors (Lipinski definition) is 5. The second-order valence-electron chi connectivity index (χ2n) is 4.72. The van der Waals surface area contributed by atoms with Crippen molar-refractivity contribution in [1.29, 1.82) is 0 Å². The van der Waals surface area contributed by atoms with Crippen molar-refractivity contribution in [3.05, 3.63) is 48.2 Å². The summed E-state index contributed by atoms with van der Waals surface area (Å²) >= 11 is 0. The van der Waals surface area contributed by atoms with Gasteiger partial charge in [0.15, 0.2) is 11.5 Å². The zero-order valence-electron chi connectivity index (χ0n) is 12.2. The number of aromatic nitrogens is 2. The van der Waals surface area contributed by atoms with Crippen LogP contribution in [0.2, 0.25) is 0 Å². The Kier molecular flexibility index (Phi) is 3.70. The second kappa shape index (κ2) is 5.81. The zero-order chi connectivity index (χ0) is 15.5. The molecule has 0 saturated heterocycles. The first-order valence-electron chi connectivity index (χ1n) is 6.70. The number of carbonyl (C=O) groups excluding carboxylic acids is 1. The van der Waals surface area contributed by atoms with Gasteiger partial charge in [-0.15, -0.1) is 0 Å². The number of hydrogen-bond donors (Lipinski definition) is 0. The van der Waals surface area contributed by atoms with Crippen LogP contribution in [-0.2, 0) is 0 Å². The van der Waals surface area contributed by atoms with Gasteiger partial charge in [0.2, 0.25) is 0 Å². The molecule has 2 aromatic carbocycles. The molecular weight excluding hydrogens is 280 g/mol. The van der Waals surface area contributed by atoms with Crippen LogP contribution in [0.25, 0.3) is 22.0 Å². The fraction of sp³-hybridized carbons (Fsp3) is 0.118. The Morgan fingerprint density at radius 3 is 2.32 bits per heavy atom. The van der Waals surface area contributed by atoms with Crippen LogP contribution in [0.1, 0.15) is 10.4 Å². The molecule has 5 nitrogen and oxygen atoms in total. The van der Waals surface area contributed by atoms with Gasteiger partial charge in [-0.2, -0.15) is 10.2 Å². The highest BCUT2D eigenvalue weighted by molar-refractivity contribution is 5.96. The third-order valence-electron chi connectivity index (χ3n) is 3.50. The minimum atomic E-state index is 0.609. The zero-order valence-corrected chi connectivity index (χ0v) is 12.2. The van der Waals surface area contributed by atoms with Crippen LogP contribution >= 0.6 is 0 Å². The maximum absolute atomic E-state index is 10.8. The molecule has 0 radical (unpaired) electrons. The van der Waals surface area contributed by atoms with E-state index in [1.54, 1.807) is 38.6 Å². The summed E-state index contributed by atoms with van der Waals surface area (Å²) in [4.78, 5) is 10.8. The maximum Gasteiger partial charge on any atom is 0.162 e. The Morgan fingerprint density at radius 2 is 1.68 bits per heavy atom. The van der Waals surface area contributed by atoms with E-state index in [1.807, 2.05) is 18.2 Å². The van der Waals surface area contributed by atoms with E-state index in [-0.39, 0.29) is 0 Å². The molecule has 0 aliphatic carbocycles. The van der Waals surface area contributed by atoms with Crippen molar-refractivity contribution in [3.8, 4) is 22.6 Å². The van der Waals surface area contributed by atoms with E-state index in [0.29, 0.717) is 17.1 Å². The van der Waals surface area contributed by atoms with Crippen molar-refractivity contribution >= 4 is 17.2 Å². The van der Waals surface area contributed by atoms with Gasteiger partial charge in [-0.1, -0.05) is 24.3 Å². The van der Waals surface area contributed by atoms with E-state index in [0.717, 1.165) is 28.3 Å². The molecule has 0 bridgehead atoms. The van der Waals surface area contributed by atoms with Crippen LogP contribution < -0.4 is 9.47 Å². The summed E-state index contributed by atoms with van der Waals surface area (Å²) < 4.78 is 10.6. The van der Waals surface area contributed by atoms with E-state index in [9.17, 15) is 4.79 Å². The summed E-state index contributed by atoms with van der Waals surface area (Å²) in [5.74, 6) is 1.24. The Hall–Kier alpha value is -2.95. The number of nitrogens with zero attached hydrogens (tertiary/aromatic N) is 2. The second-order valence-corrected chi connectivity index (χ2v) is 4.72. The lowest BCUT2D eigenvalue weighted by atomic mass is 10.0. The smallest absolute Gasteiger partial charge is 0.162 e. The molecule has 1 aromatic heterocycles. The van der Waals surface area contributed by atoms with Gasteiger partial charge in [-0.3, -0.25) is 4.79 Å². The van der Waals surface area contributed by atoms with Gasteiger partial charge in [-0.25, -0.2) is 0 Å². The Morgan fingerprint density at radius 1 is 1.00 bits per heavy atom. The maximum atomic E-state index is 10.8. The van der Waals surface area contributed by atoms with Gasteiger partial charge >= 0.3 is 0 Å². The minimum Gasteiger partial charge on any atom is -0.493 e. The molecule has 0 atom stereocenters. The summed E-state index contributed by atoms with van der Waals surface area (Å²) in [7, 11) is 3.18. The van der Waals surface area contributed by atoms with Crippen molar-refractivity contribution in [2.45, 2.75) is 0 Å². The lowest BCUT2D eigenvalue weighted by Gasteiger charge is -2.11. The number of aldehydes is 1. The summed E-state index contributed by atoms with van der Waals surface area (Å²) in [6.07, 6.45) is 2.52. The average molecular weight is 294 g/mol. The monoisotopic (exact) mass is 294 g/mol. The van der Waals surface area contributed by atoms with Crippen molar-refractivity contribution in [1.82, 2.24) is 10.2 Å². The van der Waals surface area contributed by atoms with Gasteiger partial charge in [0.05, 0.1) is 25.9 Å². The van der Waals surface area contributed by atoms with Crippen LogP contribution in [0.3, 0.4) is 0 Å². The quantitative estimate of drug-likeness (QED) is 0.692. The van der Waals surface area contributed by atoms with E-state index < -0.39 is 0 Å².